The summed E-state index contributed by atoms with van der Waals surface area (Å²) in [6.45, 7) is 2.56. The van der Waals surface area contributed by atoms with E-state index in [1.54, 1.807) is 29.5 Å². The number of hydrogen-bond acceptors (Lipinski definition) is 5. The van der Waals surface area contributed by atoms with E-state index in [1.807, 2.05) is 13.1 Å². The van der Waals surface area contributed by atoms with Crippen LogP contribution < -0.4 is 16.8 Å². The summed E-state index contributed by atoms with van der Waals surface area (Å²) in [4.78, 5) is 16.7. The molecule has 1 aromatic heterocycles. The highest BCUT2D eigenvalue weighted by atomic mass is 32.1. The molecule has 0 atom stereocenters. The van der Waals surface area contributed by atoms with E-state index in [0.717, 1.165) is 9.88 Å². The van der Waals surface area contributed by atoms with Crippen LogP contribution in [-0.2, 0) is 6.54 Å². The summed E-state index contributed by atoms with van der Waals surface area (Å²) in [6.07, 6.45) is 1.82. The SMILES string of the molecule is Cc1cnc(CNc2ccc(N)cc2C(N)=O)s1. The van der Waals surface area contributed by atoms with Crippen LogP contribution in [0.2, 0.25) is 0 Å². The molecular formula is C12H14N4OS. The first kappa shape index (κ1) is 12.4. The molecule has 2 rings (SSSR count). The van der Waals surface area contributed by atoms with Crippen molar-refractivity contribution >= 4 is 28.6 Å². The van der Waals surface area contributed by atoms with Gasteiger partial charge in [0, 0.05) is 22.4 Å². The smallest absolute Gasteiger partial charge is 0.250 e. The van der Waals surface area contributed by atoms with Crippen LogP contribution in [0.25, 0.3) is 0 Å². The van der Waals surface area contributed by atoms with Crippen LogP contribution in [0.3, 0.4) is 0 Å². The van der Waals surface area contributed by atoms with E-state index in [-0.39, 0.29) is 0 Å². The van der Waals surface area contributed by atoms with Gasteiger partial charge >= 0.3 is 0 Å². The fourth-order valence-corrected chi connectivity index (χ4v) is 2.30. The molecule has 6 heteroatoms. The van der Waals surface area contributed by atoms with Gasteiger partial charge in [-0.25, -0.2) is 4.98 Å². The van der Waals surface area contributed by atoms with Crippen molar-refractivity contribution in [2.45, 2.75) is 13.5 Å². The summed E-state index contributed by atoms with van der Waals surface area (Å²) in [5.41, 5.74) is 12.5. The molecule has 0 unspecified atom stereocenters. The molecule has 18 heavy (non-hydrogen) atoms. The number of aryl methyl sites for hydroxylation is 1. The van der Waals surface area contributed by atoms with Crippen molar-refractivity contribution < 1.29 is 4.79 Å². The highest BCUT2D eigenvalue weighted by Gasteiger charge is 2.09. The van der Waals surface area contributed by atoms with Crippen LogP contribution in [0.15, 0.2) is 24.4 Å². The second kappa shape index (κ2) is 5.05. The third kappa shape index (κ3) is 2.78. The highest BCUT2D eigenvalue weighted by molar-refractivity contribution is 7.11. The Labute approximate surface area is 109 Å². The summed E-state index contributed by atoms with van der Waals surface area (Å²) in [6, 6.07) is 5.04. The molecule has 94 valence electrons. The number of amides is 1. The van der Waals surface area contributed by atoms with Crippen molar-refractivity contribution in [3.05, 3.63) is 39.8 Å². The first-order chi connectivity index (χ1) is 8.56. The van der Waals surface area contributed by atoms with Crippen LogP contribution in [0.5, 0.6) is 0 Å². The molecule has 0 saturated heterocycles. The Morgan fingerprint density at radius 3 is 2.89 bits per heavy atom. The van der Waals surface area contributed by atoms with Crippen LogP contribution in [0.1, 0.15) is 20.2 Å². The van der Waals surface area contributed by atoms with Crippen molar-refractivity contribution in [3.63, 3.8) is 0 Å². The maximum absolute atomic E-state index is 11.3. The Kier molecular flexibility index (Phi) is 3.47. The van der Waals surface area contributed by atoms with Gasteiger partial charge in [0.05, 0.1) is 12.1 Å². The Morgan fingerprint density at radius 2 is 2.28 bits per heavy atom. The van der Waals surface area contributed by atoms with Gasteiger partial charge < -0.3 is 16.8 Å². The molecule has 0 aliphatic rings. The molecular weight excluding hydrogens is 248 g/mol. The molecule has 0 bridgehead atoms. The second-order valence-electron chi connectivity index (χ2n) is 3.89. The zero-order chi connectivity index (χ0) is 13.1. The molecule has 0 spiro atoms. The van der Waals surface area contributed by atoms with E-state index < -0.39 is 5.91 Å². The number of carbonyl (C=O) groups excluding carboxylic acids is 1. The zero-order valence-electron chi connectivity index (χ0n) is 9.93. The number of aromatic nitrogens is 1. The van der Waals surface area contributed by atoms with Crippen molar-refractivity contribution in [1.29, 1.82) is 0 Å². The molecule has 5 N–H and O–H groups in total. The van der Waals surface area contributed by atoms with Crippen molar-refractivity contribution in [2.75, 3.05) is 11.1 Å². The number of nitrogens with one attached hydrogen (secondary N) is 1. The third-order valence-electron chi connectivity index (χ3n) is 2.41. The molecule has 0 fully saturated rings. The Balaban J connectivity index is 2.16. The van der Waals surface area contributed by atoms with Crippen molar-refractivity contribution in [3.8, 4) is 0 Å². The van der Waals surface area contributed by atoms with Crippen LogP contribution in [0, 0.1) is 6.92 Å². The molecule has 0 saturated carbocycles. The number of hydrogen-bond donors (Lipinski definition) is 3. The maximum Gasteiger partial charge on any atom is 0.250 e. The van der Waals surface area contributed by atoms with Crippen molar-refractivity contribution in [1.82, 2.24) is 4.98 Å². The normalized spacial score (nSPS) is 10.3. The molecule has 0 aliphatic heterocycles. The maximum atomic E-state index is 11.3. The number of thiazole rings is 1. The molecule has 2 aromatic rings. The minimum absolute atomic E-state index is 0.392. The monoisotopic (exact) mass is 262 g/mol. The zero-order valence-corrected chi connectivity index (χ0v) is 10.8. The predicted molar refractivity (Wildman–Crippen MR) is 73.6 cm³/mol. The Hall–Kier alpha value is -2.08. The Morgan fingerprint density at radius 1 is 1.50 bits per heavy atom. The highest BCUT2D eigenvalue weighted by Crippen LogP contribution is 2.20. The summed E-state index contributed by atoms with van der Waals surface area (Å²) >= 11 is 1.61. The standard InChI is InChI=1S/C12H14N4OS/c1-7-5-16-11(18-7)6-15-10-3-2-8(13)4-9(10)12(14)17/h2-5,15H,6,13H2,1H3,(H2,14,17). The van der Waals surface area contributed by atoms with Gasteiger partial charge in [-0.1, -0.05) is 0 Å². The lowest BCUT2D eigenvalue weighted by Crippen LogP contribution is -2.14. The lowest BCUT2D eigenvalue weighted by molar-refractivity contribution is 0.100. The Bertz CT molecular complexity index is 579. The second-order valence-corrected chi connectivity index (χ2v) is 5.21. The summed E-state index contributed by atoms with van der Waals surface area (Å²) in [5, 5.41) is 4.10. The van der Waals surface area contributed by atoms with E-state index in [0.29, 0.717) is 23.5 Å². The number of nitrogen functional groups attached to an aromatic ring is 1. The first-order valence-corrected chi connectivity index (χ1v) is 6.22. The van der Waals surface area contributed by atoms with Gasteiger partial charge in [0.1, 0.15) is 5.01 Å². The van der Waals surface area contributed by atoms with Crippen molar-refractivity contribution in [2.24, 2.45) is 5.73 Å². The van der Waals surface area contributed by atoms with Crippen LogP contribution in [0.4, 0.5) is 11.4 Å². The summed E-state index contributed by atoms with van der Waals surface area (Å²) in [5.74, 6) is -0.500. The lowest BCUT2D eigenvalue weighted by atomic mass is 10.1. The summed E-state index contributed by atoms with van der Waals surface area (Å²) < 4.78 is 0. The number of carbonyl (C=O) groups is 1. The topological polar surface area (TPSA) is 94.0 Å². The minimum atomic E-state index is -0.500. The average Bonchev–Trinajstić information content (AvgIpc) is 2.73. The van der Waals surface area contributed by atoms with E-state index in [4.69, 9.17) is 11.5 Å². The number of nitrogens with zero attached hydrogens (tertiary/aromatic N) is 1. The predicted octanol–water partition coefficient (Wildman–Crippen LogP) is 1.74. The van der Waals surface area contributed by atoms with Gasteiger partial charge in [-0.3, -0.25) is 4.79 Å². The van der Waals surface area contributed by atoms with E-state index >= 15 is 0 Å². The van der Waals surface area contributed by atoms with Crippen LogP contribution >= 0.6 is 11.3 Å². The molecule has 5 nitrogen and oxygen atoms in total. The van der Waals surface area contributed by atoms with Gasteiger partial charge in [0.15, 0.2) is 0 Å². The molecule has 0 radical (unpaired) electrons. The molecule has 1 amide bonds. The van der Waals surface area contributed by atoms with E-state index in [2.05, 4.69) is 10.3 Å². The number of rotatable bonds is 4. The number of nitrogens with two attached hydrogens (primary N) is 2. The number of primary amides is 1. The fourth-order valence-electron chi connectivity index (χ4n) is 1.57. The minimum Gasteiger partial charge on any atom is -0.399 e. The van der Waals surface area contributed by atoms with E-state index in [9.17, 15) is 4.79 Å². The van der Waals surface area contributed by atoms with Crippen LogP contribution in [-0.4, -0.2) is 10.9 Å². The summed E-state index contributed by atoms with van der Waals surface area (Å²) in [7, 11) is 0. The van der Waals surface area contributed by atoms with E-state index in [1.165, 1.54) is 0 Å². The van der Waals surface area contributed by atoms with Gasteiger partial charge in [0.25, 0.3) is 5.91 Å². The molecule has 0 aliphatic carbocycles. The van der Waals surface area contributed by atoms with Gasteiger partial charge in [-0.2, -0.15) is 0 Å². The van der Waals surface area contributed by atoms with Gasteiger partial charge in [-0.05, 0) is 25.1 Å². The molecule has 1 heterocycles. The quantitative estimate of drug-likeness (QED) is 0.731. The van der Waals surface area contributed by atoms with Gasteiger partial charge in [0.2, 0.25) is 0 Å². The third-order valence-corrected chi connectivity index (χ3v) is 3.32. The number of benzene rings is 1. The first-order valence-electron chi connectivity index (χ1n) is 5.41. The average molecular weight is 262 g/mol. The lowest BCUT2D eigenvalue weighted by Gasteiger charge is -2.09. The molecule has 1 aromatic carbocycles. The van der Waals surface area contributed by atoms with Gasteiger partial charge in [-0.15, -0.1) is 11.3 Å². The number of anilines is 2. The largest absolute Gasteiger partial charge is 0.399 e. The fraction of sp³-hybridized carbons (Fsp3) is 0.167.